The minimum absolute atomic E-state index is 0.0579. The Morgan fingerprint density at radius 2 is 2.30 bits per heavy atom. The van der Waals surface area contributed by atoms with Gasteiger partial charge in [0.25, 0.3) is 0 Å². The summed E-state index contributed by atoms with van der Waals surface area (Å²) in [5.41, 5.74) is -0.375. The van der Waals surface area contributed by atoms with Gasteiger partial charge in [0.05, 0.1) is 18.8 Å². The fourth-order valence-electron chi connectivity index (χ4n) is 2.77. The number of carbonyl (C=O) groups is 1. The zero-order chi connectivity index (χ0) is 16.3. The van der Waals surface area contributed by atoms with Crippen molar-refractivity contribution in [2.75, 3.05) is 13.1 Å². The SMILES string of the molecule is C#CCCC1(CCC(=O)NC2CN(Cc3cnc(C)o3)C2)N=N1. The Kier molecular flexibility index (Phi) is 4.44. The molecule has 1 aromatic rings. The summed E-state index contributed by atoms with van der Waals surface area (Å²) in [5.74, 6) is 4.19. The molecule has 7 heteroatoms. The average molecular weight is 315 g/mol. The highest BCUT2D eigenvalue weighted by Crippen LogP contribution is 2.37. The predicted molar refractivity (Wildman–Crippen MR) is 83.3 cm³/mol. The van der Waals surface area contributed by atoms with E-state index in [-0.39, 0.29) is 17.6 Å². The van der Waals surface area contributed by atoms with E-state index in [1.807, 2.05) is 6.92 Å². The summed E-state index contributed by atoms with van der Waals surface area (Å²) in [6.45, 7) is 4.24. The van der Waals surface area contributed by atoms with Crippen molar-refractivity contribution in [3.63, 3.8) is 0 Å². The zero-order valence-electron chi connectivity index (χ0n) is 13.3. The second-order valence-electron chi connectivity index (χ2n) is 6.19. The number of aromatic nitrogens is 1. The van der Waals surface area contributed by atoms with Gasteiger partial charge < -0.3 is 9.73 Å². The van der Waals surface area contributed by atoms with Crippen LogP contribution in [0.1, 0.15) is 37.3 Å². The molecule has 1 aromatic heterocycles. The van der Waals surface area contributed by atoms with Crippen LogP contribution in [0.5, 0.6) is 0 Å². The predicted octanol–water partition coefficient (Wildman–Crippen LogP) is 1.64. The van der Waals surface area contributed by atoms with Gasteiger partial charge in [-0.3, -0.25) is 9.69 Å². The smallest absolute Gasteiger partial charge is 0.220 e. The monoisotopic (exact) mass is 315 g/mol. The fraction of sp³-hybridized carbons (Fsp3) is 0.625. The third kappa shape index (κ3) is 4.17. The van der Waals surface area contributed by atoms with Gasteiger partial charge in [0, 0.05) is 45.7 Å². The normalized spacial score (nSPS) is 19.1. The number of aryl methyl sites for hydroxylation is 1. The minimum atomic E-state index is -0.375. The van der Waals surface area contributed by atoms with Crippen molar-refractivity contribution in [2.24, 2.45) is 10.2 Å². The molecule has 0 aromatic carbocycles. The van der Waals surface area contributed by atoms with Crippen LogP contribution in [0.4, 0.5) is 0 Å². The zero-order valence-corrected chi connectivity index (χ0v) is 13.3. The third-order valence-electron chi connectivity index (χ3n) is 4.18. The minimum Gasteiger partial charge on any atom is -0.445 e. The maximum absolute atomic E-state index is 12.0. The topological polar surface area (TPSA) is 83.1 Å². The molecule has 3 rings (SSSR count). The van der Waals surface area contributed by atoms with Crippen LogP contribution in [0.25, 0.3) is 0 Å². The quantitative estimate of drug-likeness (QED) is 0.739. The van der Waals surface area contributed by atoms with Gasteiger partial charge in [0.15, 0.2) is 11.6 Å². The molecule has 2 aliphatic rings. The lowest BCUT2D eigenvalue weighted by molar-refractivity contribution is -0.123. The number of hydrogen-bond acceptors (Lipinski definition) is 6. The molecule has 1 amide bonds. The maximum atomic E-state index is 12.0. The Morgan fingerprint density at radius 1 is 1.52 bits per heavy atom. The number of rotatable bonds is 8. The van der Waals surface area contributed by atoms with E-state index in [9.17, 15) is 4.79 Å². The summed E-state index contributed by atoms with van der Waals surface area (Å²) in [5, 5.41) is 11.1. The van der Waals surface area contributed by atoms with Crippen LogP contribution in [0.15, 0.2) is 20.8 Å². The van der Waals surface area contributed by atoms with Gasteiger partial charge in [-0.15, -0.1) is 12.3 Å². The molecule has 1 saturated heterocycles. The number of oxazole rings is 1. The van der Waals surface area contributed by atoms with Crippen LogP contribution in [-0.4, -0.2) is 40.6 Å². The lowest BCUT2D eigenvalue weighted by Crippen LogP contribution is -2.58. The van der Waals surface area contributed by atoms with Crippen molar-refractivity contribution >= 4 is 5.91 Å². The molecular formula is C16H21N5O2. The van der Waals surface area contributed by atoms with E-state index in [0.717, 1.165) is 31.8 Å². The first-order valence-electron chi connectivity index (χ1n) is 7.89. The van der Waals surface area contributed by atoms with Crippen molar-refractivity contribution < 1.29 is 9.21 Å². The molecule has 0 unspecified atom stereocenters. The van der Waals surface area contributed by atoms with Crippen molar-refractivity contribution in [1.82, 2.24) is 15.2 Å². The van der Waals surface area contributed by atoms with Gasteiger partial charge in [-0.1, -0.05) is 0 Å². The molecule has 0 aliphatic carbocycles. The average Bonchev–Trinajstić information content (AvgIpc) is 3.15. The molecule has 1 N–H and O–H groups in total. The number of carbonyl (C=O) groups excluding carboxylic acids is 1. The lowest BCUT2D eigenvalue weighted by Gasteiger charge is -2.38. The summed E-state index contributed by atoms with van der Waals surface area (Å²) in [4.78, 5) is 18.3. The van der Waals surface area contributed by atoms with E-state index < -0.39 is 0 Å². The molecule has 3 heterocycles. The Morgan fingerprint density at radius 3 is 2.91 bits per heavy atom. The van der Waals surface area contributed by atoms with Crippen molar-refractivity contribution in [3.05, 3.63) is 17.8 Å². The molecule has 0 saturated carbocycles. The highest BCUT2D eigenvalue weighted by atomic mass is 16.4. The van der Waals surface area contributed by atoms with Crippen molar-refractivity contribution in [1.29, 1.82) is 0 Å². The highest BCUT2D eigenvalue weighted by molar-refractivity contribution is 5.76. The van der Waals surface area contributed by atoms with Gasteiger partial charge in [0.1, 0.15) is 5.76 Å². The number of nitrogens with one attached hydrogen (secondary N) is 1. The van der Waals surface area contributed by atoms with Gasteiger partial charge in [-0.2, -0.15) is 10.2 Å². The largest absolute Gasteiger partial charge is 0.445 e. The molecule has 0 bridgehead atoms. The molecule has 1 fully saturated rings. The van der Waals surface area contributed by atoms with Crippen LogP contribution in [-0.2, 0) is 11.3 Å². The van der Waals surface area contributed by atoms with E-state index in [0.29, 0.717) is 25.2 Å². The van der Waals surface area contributed by atoms with Gasteiger partial charge in [-0.05, 0) is 0 Å². The maximum Gasteiger partial charge on any atom is 0.220 e. The standard InChI is InChI=1S/C16H21N5O2/c1-3-4-6-16(19-20-16)7-5-15(22)18-13-9-21(10-13)11-14-8-17-12(2)23-14/h1,8,13H,4-7,9-11H2,2H3,(H,18,22). The molecular weight excluding hydrogens is 294 g/mol. The number of hydrogen-bond donors (Lipinski definition) is 1. The molecule has 0 spiro atoms. The fourth-order valence-corrected chi connectivity index (χ4v) is 2.77. The van der Waals surface area contributed by atoms with E-state index in [1.54, 1.807) is 6.20 Å². The van der Waals surface area contributed by atoms with Gasteiger partial charge in [0.2, 0.25) is 5.91 Å². The third-order valence-corrected chi connectivity index (χ3v) is 4.18. The Bertz CT molecular complexity index is 633. The molecule has 0 radical (unpaired) electrons. The van der Waals surface area contributed by atoms with E-state index >= 15 is 0 Å². The Labute approximate surface area is 135 Å². The van der Waals surface area contributed by atoms with Crippen LogP contribution in [0, 0.1) is 19.3 Å². The Hall–Kier alpha value is -2.20. The first-order chi connectivity index (χ1) is 11.1. The number of nitrogens with zero attached hydrogens (tertiary/aromatic N) is 4. The van der Waals surface area contributed by atoms with Crippen LogP contribution in [0.3, 0.4) is 0 Å². The number of terminal acetylenes is 1. The van der Waals surface area contributed by atoms with E-state index in [4.69, 9.17) is 10.8 Å². The second kappa shape index (κ2) is 6.50. The van der Waals surface area contributed by atoms with E-state index in [1.165, 1.54) is 0 Å². The second-order valence-corrected chi connectivity index (χ2v) is 6.19. The van der Waals surface area contributed by atoms with Crippen molar-refractivity contribution in [2.45, 2.75) is 50.9 Å². The van der Waals surface area contributed by atoms with Gasteiger partial charge in [-0.25, -0.2) is 4.98 Å². The van der Waals surface area contributed by atoms with E-state index in [2.05, 4.69) is 31.3 Å². The molecule has 7 nitrogen and oxygen atoms in total. The highest BCUT2D eigenvalue weighted by Gasteiger charge is 2.39. The van der Waals surface area contributed by atoms with Crippen LogP contribution < -0.4 is 5.32 Å². The molecule has 23 heavy (non-hydrogen) atoms. The lowest BCUT2D eigenvalue weighted by atomic mass is 10.0. The van der Waals surface area contributed by atoms with Crippen molar-refractivity contribution in [3.8, 4) is 12.3 Å². The summed E-state index contributed by atoms with van der Waals surface area (Å²) in [7, 11) is 0. The van der Waals surface area contributed by atoms with Gasteiger partial charge >= 0.3 is 0 Å². The first-order valence-corrected chi connectivity index (χ1v) is 7.89. The number of amides is 1. The summed E-state index contributed by atoms with van der Waals surface area (Å²) in [6, 6.07) is 0.209. The first kappa shape index (κ1) is 15.7. The molecule has 122 valence electrons. The Balaban J connectivity index is 1.31. The molecule has 0 atom stereocenters. The van der Waals surface area contributed by atoms with Crippen LogP contribution in [0.2, 0.25) is 0 Å². The number of likely N-dealkylation sites (tertiary alicyclic amines) is 1. The summed E-state index contributed by atoms with van der Waals surface area (Å²) in [6.07, 6.45) is 9.48. The summed E-state index contributed by atoms with van der Waals surface area (Å²) < 4.78 is 5.45. The van der Waals surface area contributed by atoms with Crippen LogP contribution >= 0.6 is 0 Å². The molecule has 2 aliphatic heterocycles. The summed E-state index contributed by atoms with van der Waals surface area (Å²) >= 11 is 0.